The largest absolute Gasteiger partial charge is 0.472 e. The average Bonchev–Trinajstić information content (AvgIpc) is 3.49. The fraction of sp³-hybridized carbons (Fsp3) is 0.941. The zero-order chi connectivity index (χ0) is 64.3. The van der Waals surface area contributed by atoms with Crippen LogP contribution >= 0.6 is 15.6 Å². The Bertz CT molecular complexity index is 1700. The van der Waals surface area contributed by atoms with Crippen molar-refractivity contribution in [2.24, 2.45) is 11.8 Å². The zero-order valence-corrected chi connectivity index (χ0v) is 58.1. The number of phosphoric acid groups is 2. The molecule has 0 heterocycles. The van der Waals surface area contributed by atoms with Gasteiger partial charge in [-0.2, -0.15) is 0 Å². The highest BCUT2D eigenvalue weighted by Crippen LogP contribution is 2.45. The minimum atomic E-state index is -4.95. The molecular weight excluding hydrogens is 1150 g/mol. The smallest absolute Gasteiger partial charge is 0.462 e. The number of aliphatic hydroxyl groups excluding tert-OH is 1. The number of aliphatic hydroxyl groups is 1. The van der Waals surface area contributed by atoms with Crippen LogP contribution in [0.3, 0.4) is 0 Å². The summed E-state index contributed by atoms with van der Waals surface area (Å²) in [5.41, 5.74) is 0. The lowest BCUT2D eigenvalue weighted by Crippen LogP contribution is -2.30. The van der Waals surface area contributed by atoms with Crippen molar-refractivity contribution in [1.29, 1.82) is 0 Å². The number of phosphoric ester groups is 2. The molecule has 0 spiro atoms. The predicted octanol–water partition coefficient (Wildman–Crippen LogP) is 19.2. The summed E-state index contributed by atoms with van der Waals surface area (Å²) < 4.78 is 68.1. The van der Waals surface area contributed by atoms with Gasteiger partial charge in [0, 0.05) is 25.7 Å². The van der Waals surface area contributed by atoms with Crippen molar-refractivity contribution < 1.29 is 80.2 Å². The van der Waals surface area contributed by atoms with Gasteiger partial charge in [0.1, 0.15) is 19.3 Å². The molecule has 17 nitrogen and oxygen atoms in total. The minimum absolute atomic E-state index is 0.104. The van der Waals surface area contributed by atoms with Gasteiger partial charge < -0.3 is 33.8 Å². The Balaban J connectivity index is 5.23. The Morgan fingerprint density at radius 1 is 0.333 bits per heavy atom. The van der Waals surface area contributed by atoms with E-state index >= 15 is 0 Å². The second-order valence-corrected chi connectivity index (χ2v) is 28.2. The number of carbonyl (C=O) groups excluding carboxylic acids is 4. The number of unbranched alkanes of at least 4 members (excludes halogenated alkanes) is 36. The van der Waals surface area contributed by atoms with Gasteiger partial charge in [-0.05, 0) is 37.5 Å². The van der Waals surface area contributed by atoms with Crippen LogP contribution in [0.1, 0.15) is 343 Å². The van der Waals surface area contributed by atoms with Gasteiger partial charge >= 0.3 is 39.5 Å². The maximum atomic E-state index is 13.0. The van der Waals surface area contributed by atoms with Gasteiger partial charge in [0.05, 0.1) is 26.4 Å². The summed E-state index contributed by atoms with van der Waals surface area (Å²) in [6.45, 7) is 9.47. The molecule has 3 N–H and O–H groups in total. The first-order chi connectivity index (χ1) is 41.9. The maximum Gasteiger partial charge on any atom is 0.472 e. The predicted molar refractivity (Wildman–Crippen MR) is 349 cm³/mol. The van der Waals surface area contributed by atoms with Gasteiger partial charge in [-0.15, -0.1) is 0 Å². The number of rotatable bonds is 67. The monoisotopic (exact) mass is 1280 g/mol. The summed E-state index contributed by atoms with van der Waals surface area (Å²) in [6, 6.07) is 0. The third-order valence-electron chi connectivity index (χ3n) is 16.1. The van der Waals surface area contributed by atoms with E-state index < -0.39 is 97.5 Å². The highest BCUT2D eigenvalue weighted by Gasteiger charge is 2.30. The lowest BCUT2D eigenvalue weighted by molar-refractivity contribution is -0.161. The summed E-state index contributed by atoms with van der Waals surface area (Å²) >= 11 is 0. The molecule has 516 valence electrons. The molecule has 0 aliphatic carbocycles. The summed E-state index contributed by atoms with van der Waals surface area (Å²) in [5, 5.41) is 10.6. The van der Waals surface area contributed by atoms with Gasteiger partial charge in [0.15, 0.2) is 12.2 Å². The molecule has 0 aliphatic rings. The summed E-state index contributed by atoms with van der Waals surface area (Å²) in [5.74, 6) is -0.634. The van der Waals surface area contributed by atoms with Crippen molar-refractivity contribution in [2.75, 3.05) is 39.6 Å². The topological polar surface area (TPSA) is 237 Å². The van der Waals surface area contributed by atoms with Crippen molar-refractivity contribution in [2.45, 2.75) is 362 Å². The van der Waals surface area contributed by atoms with Gasteiger partial charge in [-0.25, -0.2) is 9.13 Å². The van der Waals surface area contributed by atoms with Crippen LogP contribution in [-0.2, 0) is 65.4 Å². The molecule has 19 heteroatoms. The van der Waals surface area contributed by atoms with Crippen molar-refractivity contribution >= 4 is 39.5 Å². The van der Waals surface area contributed by atoms with Gasteiger partial charge in [-0.1, -0.05) is 292 Å². The number of esters is 4. The first kappa shape index (κ1) is 85.1. The number of carbonyl (C=O) groups is 4. The third kappa shape index (κ3) is 61.3. The van der Waals surface area contributed by atoms with E-state index in [0.717, 1.165) is 108 Å². The van der Waals surface area contributed by atoms with Crippen molar-refractivity contribution in [3.05, 3.63) is 0 Å². The van der Waals surface area contributed by atoms with Crippen LogP contribution in [0.4, 0.5) is 0 Å². The molecule has 0 bridgehead atoms. The second kappa shape index (κ2) is 60.3. The summed E-state index contributed by atoms with van der Waals surface area (Å²) in [6.07, 6.45) is 44.5. The molecule has 0 aromatic rings. The van der Waals surface area contributed by atoms with Gasteiger partial charge in [0.2, 0.25) is 0 Å². The van der Waals surface area contributed by atoms with E-state index in [-0.39, 0.29) is 25.7 Å². The highest BCUT2D eigenvalue weighted by atomic mass is 31.2. The third-order valence-corrected chi connectivity index (χ3v) is 18.0. The molecule has 0 rings (SSSR count). The molecule has 0 fully saturated rings. The standard InChI is InChI=1S/C68H132O17P2/c1-7-10-12-14-16-18-19-20-21-22-23-24-25-34-40-46-52-67(72)84-64(57-79-66(71)51-45-39-33-29-27-31-37-43-49-61(6)9-3)59-83-87(76,77)81-55-62(69)54-80-86(74,75)82-58-63(56-78-65(70)50-44-38-32-17-15-13-11-8-2)85-68(73)53-47-41-35-28-26-30-36-42-48-60(4)5/h60-64,69H,7-59H2,1-6H3,(H,74,75)(H,76,77)/t61?,62-,63+,64+/m0/s1. The molecule has 0 aromatic carbocycles. The molecule has 87 heavy (non-hydrogen) atoms. The van der Waals surface area contributed by atoms with Crippen LogP contribution in [0.5, 0.6) is 0 Å². The lowest BCUT2D eigenvalue weighted by Gasteiger charge is -2.21. The number of ether oxygens (including phenoxy) is 4. The average molecular weight is 1280 g/mol. The van der Waals surface area contributed by atoms with Gasteiger partial charge in [-0.3, -0.25) is 37.3 Å². The first-order valence-electron chi connectivity index (χ1n) is 35.5. The normalized spacial score (nSPS) is 14.5. The fourth-order valence-electron chi connectivity index (χ4n) is 10.2. The van der Waals surface area contributed by atoms with Crippen LogP contribution in [0, 0.1) is 11.8 Å². The first-order valence-corrected chi connectivity index (χ1v) is 38.5. The van der Waals surface area contributed by atoms with E-state index in [9.17, 15) is 43.2 Å². The Hall–Kier alpha value is -1.94. The number of hydrogen-bond acceptors (Lipinski definition) is 15. The maximum absolute atomic E-state index is 13.0. The van der Waals surface area contributed by atoms with Crippen molar-refractivity contribution in [1.82, 2.24) is 0 Å². The van der Waals surface area contributed by atoms with E-state index in [4.69, 9.17) is 37.0 Å². The Morgan fingerprint density at radius 2 is 0.586 bits per heavy atom. The lowest BCUT2D eigenvalue weighted by atomic mass is 9.99. The Labute approximate surface area is 530 Å². The summed E-state index contributed by atoms with van der Waals surface area (Å²) in [4.78, 5) is 72.4. The molecule has 0 saturated carbocycles. The van der Waals surface area contributed by atoms with Crippen LogP contribution < -0.4 is 0 Å². The zero-order valence-electron chi connectivity index (χ0n) is 56.3. The van der Waals surface area contributed by atoms with Crippen molar-refractivity contribution in [3.63, 3.8) is 0 Å². The van der Waals surface area contributed by atoms with E-state index in [1.807, 2.05) is 0 Å². The van der Waals surface area contributed by atoms with Crippen LogP contribution in [0.15, 0.2) is 0 Å². The Morgan fingerprint density at radius 3 is 0.874 bits per heavy atom. The molecule has 0 saturated heterocycles. The second-order valence-electron chi connectivity index (χ2n) is 25.3. The molecule has 0 amide bonds. The van der Waals surface area contributed by atoms with E-state index in [1.54, 1.807) is 0 Å². The van der Waals surface area contributed by atoms with Crippen molar-refractivity contribution in [3.8, 4) is 0 Å². The van der Waals surface area contributed by atoms with Crippen LogP contribution in [0.25, 0.3) is 0 Å². The van der Waals surface area contributed by atoms with Gasteiger partial charge in [0.25, 0.3) is 0 Å². The summed E-state index contributed by atoms with van der Waals surface area (Å²) in [7, 11) is -9.89. The quantitative estimate of drug-likeness (QED) is 0.0222. The van der Waals surface area contributed by atoms with E-state index in [2.05, 4.69) is 41.5 Å². The molecule has 0 radical (unpaired) electrons. The highest BCUT2D eigenvalue weighted by molar-refractivity contribution is 7.47. The molecule has 0 aliphatic heterocycles. The molecule has 3 unspecified atom stereocenters. The number of hydrogen-bond donors (Lipinski definition) is 3. The van der Waals surface area contributed by atoms with Crippen LogP contribution in [-0.4, -0.2) is 96.7 Å². The van der Waals surface area contributed by atoms with E-state index in [0.29, 0.717) is 25.7 Å². The SMILES string of the molecule is CCCCCCCCCCCCCCCCCCC(=O)O[C@H](COC(=O)CCCCCCCCCCC(C)CC)COP(=O)(O)OC[C@@H](O)COP(=O)(O)OC[C@@H](COC(=O)CCCCCCCCCC)OC(=O)CCCCCCCCCCC(C)C. The molecule has 6 atom stereocenters. The van der Waals surface area contributed by atoms with E-state index in [1.165, 1.54) is 154 Å². The molecule has 0 aromatic heterocycles. The molecular formula is C68H132O17P2. The Kier molecular flexibility index (Phi) is 59.0. The van der Waals surface area contributed by atoms with Crippen LogP contribution in [0.2, 0.25) is 0 Å². The fourth-order valence-corrected chi connectivity index (χ4v) is 11.8. The minimum Gasteiger partial charge on any atom is -0.462 e.